The first-order chi connectivity index (χ1) is 16.4. The number of methoxy groups -OCH3 is 1. The summed E-state index contributed by atoms with van der Waals surface area (Å²) in [7, 11) is 1.44. The normalized spacial score (nSPS) is 15.4. The summed E-state index contributed by atoms with van der Waals surface area (Å²) >= 11 is 0. The third-order valence-electron chi connectivity index (χ3n) is 4.72. The molecule has 3 N–H and O–H groups in total. The number of carbonyl (C=O) groups excluding carboxylic acids is 3. The van der Waals surface area contributed by atoms with Crippen molar-refractivity contribution in [2.24, 2.45) is 5.10 Å². The minimum atomic E-state index is -0.750. The molecule has 2 heterocycles. The summed E-state index contributed by atoms with van der Waals surface area (Å²) in [5, 5.41) is 9.13. The van der Waals surface area contributed by atoms with Crippen LogP contribution in [0.25, 0.3) is 0 Å². The Morgan fingerprint density at radius 1 is 1.24 bits per heavy atom. The Morgan fingerprint density at radius 2 is 2.06 bits per heavy atom. The number of hydrazone groups is 1. The average molecular weight is 467 g/mol. The Labute approximate surface area is 196 Å². The van der Waals surface area contributed by atoms with Crippen LogP contribution in [0, 0.1) is 0 Å². The van der Waals surface area contributed by atoms with E-state index in [9.17, 15) is 14.4 Å². The molecule has 34 heavy (non-hydrogen) atoms. The van der Waals surface area contributed by atoms with Crippen molar-refractivity contribution in [3.05, 3.63) is 65.1 Å². The molecule has 2 aromatic rings. The number of carbonyl (C=O) groups is 3. The third kappa shape index (κ3) is 6.09. The number of ether oxygens (including phenoxy) is 3. The first kappa shape index (κ1) is 24.2. The molecule has 0 fully saturated rings. The van der Waals surface area contributed by atoms with E-state index >= 15 is 0 Å². The van der Waals surface area contributed by atoms with E-state index in [4.69, 9.17) is 14.2 Å². The molecular formula is C23H25N5O6. The quantitative estimate of drug-likeness (QED) is 0.290. The third-order valence-corrected chi connectivity index (χ3v) is 4.72. The summed E-state index contributed by atoms with van der Waals surface area (Å²) in [4.78, 5) is 40.6. The van der Waals surface area contributed by atoms with Crippen molar-refractivity contribution >= 4 is 24.1 Å². The van der Waals surface area contributed by atoms with Crippen LogP contribution in [0.1, 0.15) is 31.1 Å². The second kappa shape index (κ2) is 11.5. The van der Waals surface area contributed by atoms with E-state index in [1.165, 1.54) is 13.3 Å². The van der Waals surface area contributed by atoms with E-state index in [1.807, 2.05) is 0 Å². The highest BCUT2D eigenvalue weighted by molar-refractivity contribution is 5.95. The number of esters is 1. The number of hydrogen-bond acceptors (Lipinski definition) is 8. The lowest BCUT2D eigenvalue weighted by Gasteiger charge is -2.28. The van der Waals surface area contributed by atoms with E-state index in [0.29, 0.717) is 28.5 Å². The van der Waals surface area contributed by atoms with Gasteiger partial charge in [-0.2, -0.15) is 5.10 Å². The van der Waals surface area contributed by atoms with Gasteiger partial charge in [0.1, 0.15) is 0 Å². The highest BCUT2D eigenvalue weighted by Gasteiger charge is 2.32. The van der Waals surface area contributed by atoms with Gasteiger partial charge in [-0.1, -0.05) is 12.1 Å². The maximum atomic E-state index is 12.5. The van der Waals surface area contributed by atoms with Gasteiger partial charge in [0, 0.05) is 11.9 Å². The van der Waals surface area contributed by atoms with Crippen molar-refractivity contribution in [3.8, 4) is 11.5 Å². The Morgan fingerprint density at radius 3 is 2.76 bits per heavy atom. The zero-order valence-corrected chi connectivity index (χ0v) is 19.0. The van der Waals surface area contributed by atoms with Crippen molar-refractivity contribution in [3.63, 3.8) is 0 Å². The molecule has 1 aliphatic heterocycles. The largest absolute Gasteiger partial charge is 0.493 e. The van der Waals surface area contributed by atoms with Gasteiger partial charge in [0.2, 0.25) is 0 Å². The van der Waals surface area contributed by atoms with E-state index in [-0.39, 0.29) is 18.8 Å². The highest BCUT2D eigenvalue weighted by atomic mass is 16.5. The zero-order chi connectivity index (χ0) is 24.5. The van der Waals surface area contributed by atoms with Gasteiger partial charge >= 0.3 is 12.0 Å². The molecule has 0 spiro atoms. The fraction of sp³-hybridized carbons (Fsp3) is 0.261. The average Bonchev–Trinajstić information content (AvgIpc) is 2.83. The molecule has 1 atom stereocenters. The summed E-state index contributed by atoms with van der Waals surface area (Å²) in [6, 6.07) is 9.00. The van der Waals surface area contributed by atoms with Gasteiger partial charge in [0.15, 0.2) is 18.1 Å². The molecule has 0 radical (unpaired) electrons. The molecule has 1 aliphatic rings. The standard InChI is InChI=1S/C23H25N5O6/c1-4-33-22(30)20-14(2)26-23(31)27-21(20)15-8-9-17(18(11-15)32-3)34-13-19(29)28-25-12-16-7-5-6-10-24-16/h5-12,21H,4,13H2,1-3H3,(H,28,29)(H2,26,27,31)/b25-12-/t21-/m0/s1. The van der Waals surface area contributed by atoms with E-state index in [1.54, 1.807) is 56.4 Å². The van der Waals surface area contributed by atoms with Crippen LogP contribution in [0.5, 0.6) is 11.5 Å². The minimum absolute atomic E-state index is 0.195. The number of aromatic nitrogens is 1. The second-order valence-electron chi connectivity index (χ2n) is 7.04. The summed E-state index contributed by atoms with van der Waals surface area (Å²) in [6.07, 6.45) is 3.03. The number of nitrogens with zero attached hydrogens (tertiary/aromatic N) is 2. The Kier molecular flexibility index (Phi) is 8.16. The number of rotatable bonds is 9. The monoisotopic (exact) mass is 467 g/mol. The molecule has 1 aromatic heterocycles. The molecule has 11 heteroatoms. The van der Waals surface area contributed by atoms with Crippen LogP contribution in [0.3, 0.4) is 0 Å². The van der Waals surface area contributed by atoms with Gasteiger partial charge in [0.25, 0.3) is 5.91 Å². The smallest absolute Gasteiger partial charge is 0.338 e. The molecular weight excluding hydrogens is 442 g/mol. The Hall–Kier alpha value is -4.41. The van der Waals surface area contributed by atoms with Crippen LogP contribution in [-0.4, -0.2) is 49.4 Å². The molecule has 3 rings (SSSR count). The lowest BCUT2D eigenvalue weighted by Crippen LogP contribution is -2.45. The summed E-state index contributed by atoms with van der Waals surface area (Å²) in [5.74, 6) is -0.406. The Balaban J connectivity index is 1.70. The van der Waals surface area contributed by atoms with Crippen LogP contribution < -0.4 is 25.5 Å². The highest BCUT2D eigenvalue weighted by Crippen LogP contribution is 2.34. The molecule has 3 amide bonds. The van der Waals surface area contributed by atoms with Gasteiger partial charge in [-0.3, -0.25) is 9.78 Å². The molecule has 0 saturated heterocycles. The van der Waals surface area contributed by atoms with Gasteiger partial charge in [-0.25, -0.2) is 15.0 Å². The summed E-state index contributed by atoms with van der Waals surface area (Å²) in [5.41, 5.74) is 4.20. The van der Waals surface area contributed by atoms with Crippen LogP contribution in [0.4, 0.5) is 4.79 Å². The van der Waals surface area contributed by atoms with E-state index in [2.05, 4.69) is 26.1 Å². The molecule has 1 aromatic carbocycles. The topological polar surface area (TPSA) is 140 Å². The van der Waals surface area contributed by atoms with E-state index < -0.39 is 23.9 Å². The molecule has 11 nitrogen and oxygen atoms in total. The van der Waals surface area contributed by atoms with Crippen LogP contribution in [-0.2, 0) is 14.3 Å². The van der Waals surface area contributed by atoms with Crippen molar-refractivity contribution < 1.29 is 28.6 Å². The fourth-order valence-corrected chi connectivity index (χ4v) is 3.20. The molecule has 0 saturated carbocycles. The number of benzene rings is 1. The molecule has 0 bridgehead atoms. The maximum absolute atomic E-state index is 12.5. The number of urea groups is 1. The van der Waals surface area contributed by atoms with Crippen molar-refractivity contribution in [2.45, 2.75) is 19.9 Å². The number of nitrogens with one attached hydrogen (secondary N) is 3. The predicted molar refractivity (Wildman–Crippen MR) is 122 cm³/mol. The van der Waals surface area contributed by atoms with Crippen LogP contribution in [0.15, 0.2) is 59.0 Å². The number of hydrogen-bond donors (Lipinski definition) is 3. The molecule has 0 unspecified atom stereocenters. The lowest BCUT2D eigenvalue weighted by atomic mass is 9.95. The van der Waals surface area contributed by atoms with Crippen LogP contribution in [0.2, 0.25) is 0 Å². The van der Waals surface area contributed by atoms with Gasteiger partial charge in [-0.05, 0) is 43.7 Å². The predicted octanol–water partition coefficient (Wildman–Crippen LogP) is 1.81. The minimum Gasteiger partial charge on any atom is -0.493 e. The number of allylic oxidation sites excluding steroid dienone is 1. The van der Waals surface area contributed by atoms with Crippen molar-refractivity contribution in [1.29, 1.82) is 0 Å². The number of amides is 3. The lowest BCUT2D eigenvalue weighted by molar-refractivity contribution is -0.139. The zero-order valence-electron chi connectivity index (χ0n) is 19.0. The SMILES string of the molecule is CCOC(=O)C1=C(C)NC(=O)N[C@H]1c1ccc(OCC(=O)N/N=C\c2ccccn2)c(OC)c1. The van der Waals surface area contributed by atoms with Gasteiger partial charge in [0.05, 0.1) is 37.2 Å². The fourth-order valence-electron chi connectivity index (χ4n) is 3.20. The van der Waals surface area contributed by atoms with Gasteiger partial charge in [-0.15, -0.1) is 0 Å². The summed E-state index contributed by atoms with van der Waals surface area (Å²) in [6.45, 7) is 3.21. The summed E-state index contributed by atoms with van der Waals surface area (Å²) < 4.78 is 16.1. The number of pyridine rings is 1. The first-order valence-electron chi connectivity index (χ1n) is 10.4. The van der Waals surface area contributed by atoms with Gasteiger partial charge < -0.3 is 24.8 Å². The van der Waals surface area contributed by atoms with Crippen molar-refractivity contribution in [2.75, 3.05) is 20.3 Å². The maximum Gasteiger partial charge on any atom is 0.338 e. The second-order valence-corrected chi connectivity index (χ2v) is 7.04. The first-order valence-corrected chi connectivity index (χ1v) is 10.4. The molecule has 0 aliphatic carbocycles. The molecule has 178 valence electrons. The Bertz CT molecular complexity index is 1120. The van der Waals surface area contributed by atoms with E-state index in [0.717, 1.165) is 0 Å². The van der Waals surface area contributed by atoms with Crippen LogP contribution >= 0.6 is 0 Å². The van der Waals surface area contributed by atoms with Crippen molar-refractivity contribution in [1.82, 2.24) is 21.0 Å².